The number of primary amides is 2. The highest BCUT2D eigenvalue weighted by Crippen LogP contribution is 2.27. The van der Waals surface area contributed by atoms with Crippen molar-refractivity contribution in [2.45, 2.75) is 201 Å². The second-order valence-corrected chi connectivity index (χ2v) is 32.6. The molecule has 43 heteroatoms. The number of carbonyl (C=O) groups is 17. The Kier molecular flexibility index (Phi) is 37.1. The van der Waals surface area contributed by atoms with E-state index in [1.54, 1.807) is 67.8 Å². The normalized spacial score (nSPS) is 25.7. The molecule has 3 aromatic carbocycles. The summed E-state index contributed by atoms with van der Waals surface area (Å²) in [5, 5.41) is 80.0. The maximum absolute atomic E-state index is 15.2. The topological polar surface area (TPSA) is 637 Å². The minimum absolute atomic E-state index is 0.0745. The van der Waals surface area contributed by atoms with Gasteiger partial charge >= 0.3 is 0 Å². The summed E-state index contributed by atoms with van der Waals surface area (Å²) >= 11 is 0.770. The van der Waals surface area contributed by atoms with Gasteiger partial charge in [0.2, 0.25) is 100 Å². The monoisotopic (exact) mass is 1780 g/mol. The Labute approximate surface area is 730 Å². The second kappa shape index (κ2) is 47.1. The number of nitrogens with zero attached hydrogens (tertiary/aromatic N) is 5. The van der Waals surface area contributed by atoms with Gasteiger partial charge in [-0.05, 0) is 106 Å². The number of unbranched alkanes of at least 4 members (excludes halogenated alkanes) is 2. The Morgan fingerprint density at radius 3 is 1.63 bits per heavy atom. The van der Waals surface area contributed by atoms with Crippen LogP contribution in [0.2, 0.25) is 0 Å². The summed E-state index contributed by atoms with van der Waals surface area (Å²) in [6, 6.07) is -3.20. The third kappa shape index (κ3) is 26.6. The lowest BCUT2D eigenvalue weighted by molar-refractivity contribution is -0.148. The standard InChI is InChI=1S/C83H116N20O22S/c1-7-8-21-64-76(118)95-60(35-67(85)109)83(125)102-29-15-22-65(102)77(119)97-62(41-106)74(116)92-56(27-30-104)82(124)103-39-50(108)34-66(103)78(120)93-57(32-47-36-87-53-18-11-9-16-51(47)53)73(115)96-61(40-105)75(117)94-59(33-48-37-88-54-19-12-10-17-52(48)54)80(122)100(5)45(3)79(121)99(4)44(2)70(112)91-55(20-13-14-28-84)72(114)98-63(71(113)89-38-68(86)110)42-126-43-69(111)90-58(81(123)101(64)6)31-46-23-25-49(107)26-24-46/h9-12,16-19,23-26,36-37,44-45,50,55-66,87-88,104-108H,7-8,13-15,20-22,27-35,38-43,84H2,1-6H3,(H2,85,109)(H2,86,110)(H,89,113)(H,90,111)(H,91,112)(H,92,116)(H,93,120)(H,94,117)(H,95,118)(H,96,115)(H,97,119)(H,98,114)/t44-,45-,50+,55-,56-,57-,58-,59-,60-,61-,62-,63?,64-,65-,66?/m0/s1. The molecule has 2 aromatic heterocycles. The first-order chi connectivity index (χ1) is 60.0. The number of fused-ring (bicyclic) bond motifs is 4. The number of aliphatic hydroxyl groups excluding tert-OH is 4. The number of aliphatic hydroxyl groups is 4. The van der Waals surface area contributed by atoms with Crippen LogP contribution in [0, 0.1) is 0 Å². The van der Waals surface area contributed by atoms with Crippen molar-refractivity contribution in [3.63, 3.8) is 0 Å². The highest BCUT2D eigenvalue weighted by atomic mass is 32.2. The Morgan fingerprint density at radius 2 is 1.04 bits per heavy atom. The molecule has 3 fully saturated rings. The number of H-pyrrole nitrogens is 2. The molecule has 3 aliphatic heterocycles. The van der Waals surface area contributed by atoms with Gasteiger partial charge in [-0.25, -0.2) is 0 Å². The number of aromatic hydroxyl groups is 1. The molecule has 686 valence electrons. The number of thioether (sulfide) groups is 1. The Morgan fingerprint density at radius 1 is 0.516 bits per heavy atom. The summed E-state index contributed by atoms with van der Waals surface area (Å²) in [5.74, 6) is -18.1. The zero-order valence-electron chi connectivity index (χ0n) is 71.1. The van der Waals surface area contributed by atoms with Crippen molar-refractivity contribution in [3.8, 4) is 5.75 Å². The predicted molar refractivity (Wildman–Crippen MR) is 457 cm³/mol. The molecule has 126 heavy (non-hydrogen) atoms. The van der Waals surface area contributed by atoms with Crippen molar-refractivity contribution < 1.29 is 107 Å². The van der Waals surface area contributed by atoms with Crippen LogP contribution in [-0.4, -0.2) is 330 Å². The molecule has 0 bridgehead atoms. The van der Waals surface area contributed by atoms with Crippen molar-refractivity contribution >= 4 is 134 Å². The van der Waals surface area contributed by atoms with Gasteiger partial charge < -0.3 is 130 Å². The SMILES string of the molecule is CCCC[C@H]1C(=O)N[C@@H](CC(N)=O)C(=O)N2CCC[C@H]2C(=O)N[C@@H](CO)C(=O)N[C@@H](CCO)C(=O)N2C[C@H](O)CC2C(=O)N[C@@H](Cc2c[nH]c3ccccc23)C(=O)N[C@@H](CO)C(=O)N[C@@H](Cc2c[nH]c3ccccc23)C(=O)N(C)[C@@H](C)C(=O)N(C)[C@@H](C)C(=O)N[C@@H](CCCCN)C(=O)NC(C(=O)NCC(N)=O)CSCC(=O)N[C@@H](Cc2ccc(O)cc2)C(=O)N1C. The number of benzene rings is 3. The lowest BCUT2D eigenvalue weighted by Crippen LogP contribution is -2.61. The van der Waals surface area contributed by atoms with Gasteiger partial charge in [-0.2, -0.15) is 0 Å². The zero-order valence-corrected chi connectivity index (χ0v) is 71.9. The summed E-state index contributed by atoms with van der Waals surface area (Å²) in [4.78, 5) is 256. The minimum Gasteiger partial charge on any atom is -0.508 e. The molecular formula is C83H116N20O22S. The van der Waals surface area contributed by atoms with E-state index in [0.29, 0.717) is 51.3 Å². The van der Waals surface area contributed by atoms with Gasteiger partial charge in [0.25, 0.3) is 0 Å². The van der Waals surface area contributed by atoms with Crippen LogP contribution >= 0.6 is 11.8 Å². The summed E-state index contributed by atoms with van der Waals surface area (Å²) < 4.78 is 0. The molecule has 0 radical (unpaired) electrons. The van der Waals surface area contributed by atoms with Gasteiger partial charge in [0.1, 0.15) is 90.3 Å². The highest BCUT2D eigenvalue weighted by molar-refractivity contribution is 8.00. The van der Waals surface area contributed by atoms with Gasteiger partial charge in [0, 0.05) is 106 Å². The minimum atomic E-state index is -1.90. The number of phenolic OH excluding ortho intramolecular Hbond substituents is 1. The van der Waals surface area contributed by atoms with Crippen molar-refractivity contribution in [2.24, 2.45) is 17.2 Å². The van der Waals surface area contributed by atoms with Crippen LogP contribution in [0.4, 0.5) is 0 Å². The quantitative estimate of drug-likeness (QED) is 0.0287. The first-order valence-corrected chi connectivity index (χ1v) is 42.8. The molecule has 42 nitrogen and oxygen atoms in total. The predicted octanol–water partition coefficient (Wildman–Crippen LogP) is -5.87. The number of nitrogens with one attached hydrogen (secondary N) is 12. The largest absolute Gasteiger partial charge is 0.508 e. The number of carbonyl (C=O) groups excluding carboxylic acids is 17. The van der Waals surface area contributed by atoms with Gasteiger partial charge in [-0.1, -0.05) is 68.3 Å². The molecule has 0 saturated carbocycles. The number of hydrogen-bond acceptors (Lipinski definition) is 24. The molecule has 17 amide bonds. The maximum atomic E-state index is 15.2. The fraction of sp³-hybridized carbons (Fsp3) is 0.530. The van der Waals surface area contributed by atoms with Gasteiger partial charge in [0.05, 0.1) is 38.0 Å². The number of para-hydroxylation sites is 2. The first kappa shape index (κ1) is 99.1. The molecule has 15 atom stereocenters. The Bertz CT molecular complexity index is 4740. The smallest absolute Gasteiger partial charge is 0.246 e. The van der Waals surface area contributed by atoms with Crippen LogP contribution in [0.5, 0.6) is 5.75 Å². The van der Waals surface area contributed by atoms with Crippen molar-refractivity contribution in [1.29, 1.82) is 0 Å². The molecule has 2 unspecified atom stereocenters. The van der Waals surface area contributed by atoms with E-state index in [0.717, 1.165) is 36.3 Å². The average molecular weight is 1780 g/mol. The van der Waals surface area contributed by atoms with Crippen LogP contribution in [0.15, 0.2) is 85.2 Å². The zero-order chi connectivity index (χ0) is 92.3. The number of nitrogens with two attached hydrogens (primary N) is 3. The van der Waals surface area contributed by atoms with E-state index < -0.39 is 255 Å². The molecule has 0 spiro atoms. The van der Waals surface area contributed by atoms with E-state index >= 15 is 9.59 Å². The van der Waals surface area contributed by atoms with E-state index in [-0.39, 0.29) is 76.6 Å². The van der Waals surface area contributed by atoms with Crippen LogP contribution in [0.1, 0.15) is 108 Å². The lowest BCUT2D eigenvalue weighted by Gasteiger charge is -2.34. The Balaban J connectivity index is 1.15. The van der Waals surface area contributed by atoms with Crippen molar-refractivity contribution in [1.82, 2.24) is 87.6 Å². The van der Waals surface area contributed by atoms with Gasteiger partial charge in [-0.3, -0.25) is 81.5 Å². The number of aromatic amines is 2. The molecule has 3 saturated heterocycles. The third-order valence-corrected chi connectivity index (χ3v) is 23.6. The van der Waals surface area contributed by atoms with Crippen LogP contribution in [0.25, 0.3) is 21.8 Å². The summed E-state index contributed by atoms with van der Waals surface area (Å²) in [7, 11) is 3.76. The highest BCUT2D eigenvalue weighted by Gasteiger charge is 2.46. The summed E-state index contributed by atoms with van der Waals surface area (Å²) in [5.41, 5.74) is 19.5. The molecule has 23 N–H and O–H groups in total. The number of amides is 17. The van der Waals surface area contributed by atoms with E-state index in [9.17, 15) is 97.5 Å². The number of rotatable bonds is 22. The van der Waals surface area contributed by atoms with E-state index in [2.05, 4.69) is 63.1 Å². The molecule has 8 rings (SSSR count). The molecule has 5 aromatic rings. The van der Waals surface area contributed by atoms with Crippen LogP contribution in [-0.2, 0) is 101 Å². The van der Waals surface area contributed by atoms with E-state index in [4.69, 9.17) is 17.2 Å². The van der Waals surface area contributed by atoms with Gasteiger partial charge in [-0.15, -0.1) is 11.8 Å². The second-order valence-electron chi connectivity index (χ2n) is 31.6. The fourth-order valence-corrected chi connectivity index (χ4v) is 16.1. The molecule has 5 heterocycles. The molecule has 3 aliphatic rings. The number of hydrogen-bond donors (Lipinski definition) is 20. The Hall–Kier alpha value is -12.3. The molecular weight excluding hydrogens is 1660 g/mol. The van der Waals surface area contributed by atoms with Crippen LogP contribution < -0.4 is 70.4 Å². The van der Waals surface area contributed by atoms with E-state index in [1.165, 1.54) is 59.3 Å². The summed E-state index contributed by atoms with van der Waals surface area (Å²) in [6.07, 6.45) is 0.142. The average Bonchev–Trinajstić information content (AvgIpc) is 1.62. The van der Waals surface area contributed by atoms with Crippen molar-refractivity contribution in [2.75, 3.05) is 78.6 Å². The lowest BCUT2D eigenvalue weighted by atomic mass is 10.0. The van der Waals surface area contributed by atoms with Crippen LogP contribution in [0.3, 0.4) is 0 Å². The first-order valence-electron chi connectivity index (χ1n) is 41.7. The van der Waals surface area contributed by atoms with Gasteiger partial charge in [0.15, 0.2) is 0 Å². The number of phenols is 1. The number of aromatic nitrogens is 2. The number of likely N-dealkylation sites (N-methyl/N-ethyl adjacent to an activating group) is 3. The fourth-order valence-electron chi connectivity index (χ4n) is 15.2. The maximum Gasteiger partial charge on any atom is 0.246 e. The third-order valence-electron chi connectivity index (χ3n) is 22.6. The van der Waals surface area contributed by atoms with Crippen molar-refractivity contribution in [3.05, 3.63) is 102 Å². The summed E-state index contributed by atoms with van der Waals surface area (Å²) in [6.45, 7) is 0.106. The van der Waals surface area contributed by atoms with E-state index in [1.807, 2.05) is 0 Å². The molecule has 0 aliphatic carbocycles.